The van der Waals surface area contributed by atoms with Crippen molar-refractivity contribution in [1.29, 1.82) is 0 Å². The lowest BCUT2D eigenvalue weighted by molar-refractivity contribution is 0.0619. The van der Waals surface area contributed by atoms with E-state index >= 15 is 4.39 Å². The predicted molar refractivity (Wildman–Crippen MR) is 152 cm³/mol. The van der Waals surface area contributed by atoms with E-state index in [1.54, 1.807) is 0 Å². The normalized spacial score (nSPS) is 26.3. The Hall–Kier alpha value is -2.95. The average molecular weight is 501 g/mol. The topological polar surface area (TPSA) is 32.3 Å². The van der Waals surface area contributed by atoms with Crippen LogP contribution < -0.4 is 9.80 Å². The zero-order valence-corrected chi connectivity index (χ0v) is 23.6. The highest BCUT2D eigenvalue weighted by molar-refractivity contribution is 5.86. The Balaban J connectivity index is 0.00000137. The molecule has 3 heterocycles. The molecule has 6 rings (SSSR count). The molecule has 0 saturated heterocycles. The van der Waals surface area contributed by atoms with Crippen LogP contribution in [0, 0.1) is 5.92 Å². The molecule has 0 radical (unpaired) electrons. The number of hydrogen-bond acceptors (Lipinski definition) is 4. The summed E-state index contributed by atoms with van der Waals surface area (Å²) in [6.45, 7) is 17.1. The smallest absolute Gasteiger partial charge is 0.178 e. The molecule has 1 aliphatic carbocycles. The van der Waals surface area contributed by atoms with Crippen molar-refractivity contribution in [2.75, 3.05) is 9.80 Å². The second-order valence-electron chi connectivity index (χ2n) is 11.8. The van der Waals surface area contributed by atoms with Gasteiger partial charge in [0.2, 0.25) is 0 Å². The molecule has 3 atom stereocenters. The van der Waals surface area contributed by atoms with E-state index in [2.05, 4.69) is 49.6 Å². The molecule has 0 amide bonds. The van der Waals surface area contributed by atoms with Crippen LogP contribution in [0.3, 0.4) is 0 Å². The number of aromatic nitrogens is 2. The van der Waals surface area contributed by atoms with Gasteiger partial charge in [-0.25, -0.2) is 14.4 Å². The lowest BCUT2D eigenvalue weighted by Gasteiger charge is -2.48. The van der Waals surface area contributed by atoms with Crippen molar-refractivity contribution in [2.45, 2.75) is 97.3 Å². The van der Waals surface area contributed by atoms with Crippen molar-refractivity contribution in [3.63, 3.8) is 0 Å². The fourth-order valence-electron chi connectivity index (χ4n) is 6.51. The average Bonchev–Trinajstić information content (AvgIpc) is 3.25. The fourth-order valence-corrected chi connectivity index (χ4v) is 6.51. The molecule has 0 spiro atoms. The first kappa shape index (κ1) is 25.7. The number of halogens is 1. The molecule has 0 fully saturated rings. The summed E-state index contributed by atoms with van der Waals surface area (Å²) in [6.07, 6.45) is 2.32. The standard InChI is InChI=1S/C30H35FN4.C2H6/c1-7-30(31)19(2)27-34(20-13-9-8-10-14-20)25-26(35(27)22-16-12-11-15-21(22)30)33-24-23(32-25)28(3,4)17-18-29(24,5)6;1-2/h8-16,19,27H,7,17-18H2,1-6H3;1-2H3. The minimum absolute atomic E-state index is 0.0588. The van der Waals surface area contributed by atoms with Gasteiger partial charge in [0, 0.05) is 28.0 Å². The van der Waals surface area contributed by atoms with Crippen molar-refractivity contribution >= 4 is 23.0 Å². The molecular formula is C32H41FN4. The highest BCUT2D eigenvalue weighted by Crippen LogP contribution is 2.59. The molecule has 3 unspecified atom stereocenters. The Bertz CT molecular complexity index is 1300. The number of fused-ring (bicyclic) bond motifs is 6. The Morgan fingerprint density at radius 2 is 1.32 bits per heavy atom. The monoisotopic (exact) mass is 500 g/mol. The van der Waals surface area contributed by atoms with Crippen molar-refractivity contribution in [3.05, 3.63) is 71.5 Å². The first-order valence-electron chi connectivity index (χ1n) is 13.9. The summed E-state index contributed by atoms with van der Waals surface area (Å²) in [5.74, 6) is 1.39. The molecule has 1 aromatic heterocycles. The summed E-state index contributed by atoms with van der Waals surface area (Å²) < 4.78 is 16.9. The Morgan fingerprint density at radius 1 is 0.811 bits per heavy atom. The quantitative estimate of drug-likeness (QED) is 0.352. The van der Waals surface area contributed by atoms with E-state index < -0.39 is 5.67 Å². The zero-order valence-electron chi connectivity index (χ0n) is 23.6. The van der Waals surface area contributed by atoms with Crippen LogP contribution in [0.5, 0.6) is 0 Å². The SMILES string of the molecule is CC.CCC1(F)c2ccccc2N2c3nc4c(nc3N(c3ccccc3)C2C1C)C(C)(C)CCC4(C)C. The largest absolute Gasteiger partial charge is 0.301 e. The Labute approximate surface area is 221 Å². The van der Waals surface area contributed by atoms with Crippen molar-refractivity contribution in [3.8, 4) is 0 Å². The molecule has 0 bridgehead atoms. The van der Waals surface area contributed by atoms with Crippen LogP contribution >= 0.6 is 0 Å². The van der Waals surface area contributed by atoms with Gasteiger partial charge in [-0.15, -0.1) is 0 Å². The van der Waals surface area contributed by atoms with Gasteiger partial charge >= 0.3 is 0 Å². The third kappa shape index (κ3) is 3.60. The summed E-state index contributed by atoms with van der Waals surface area (Å²) >= 11 is 0. The number of alkyl halides is 1. The maximum atomic E-state index is 16.9. The molecule has 3 aromatic rings. The van der Waals surface area contributed by atoms with Crippen LogP contribution in [0.2, 0.25) is 0 Å². The van der Waals surface area contributed by atoms with Gasteiger partial charge in [-0.2, -0.15) is 0 Å². The number of benzene rings is 2. The Morgan fingerprint density at radius 3 is 1.89 bits per heavy atom. The summed E-state index contributed by atoms with van der Waals surface area (Å²) in [6, 6.07) is 18.3. The van der Waals surface area contributed by atoms with Gasteiger partial charge in [-0.05, 0) is 37.5 Å². The van der Waals surface area contributed by atoms with Gasteiger partial charge in [-0.3, -0.25) is 0 Å². The maximum absolute atomic E-state index is 16.9. The maximum Gasteiger partial charge on any atom is 0.178 e. The minimum atomic E-state index is -1.44. The summed E-state index contributed by atoms with van der Waals surface area (Å²) in [7, 11) is 0. The number of para-hydroxylation sites is 2. The zero-order chi connectivity index (χ0) is 26.8. The molecule has 0 N–H and O–H groups in total. The molecule has 2 aliphatic heterocycles. The molecule has 2 aromatic carbocycles. The summed E-state index contributed by atoms with van der Waals surface area (Å²) in [5.41, 5.74) is 3.28. The Kier molecular flexibility index (Phi) is 6.12. The van der Waals surface area contributed by atoms with Crippen LogP contribution in [-0.2, 0) is 16.5 Å². The second kappa shape index (κ2) is 8.82. The van der Waals surface area contributed by atoms with Gasteiger partial charge in [0.05, 0.1) is 17.1 Å². The van der Waals surface area contributed by atoms with Crippen molar-refractivity contribution in [2.24, 2.45) is 5.92 Å². The minimum Gasteiger partial charge on any atom is -0.301 e. The summed E-state index contributed by atoms with van der Waals surface area (Å²) in [5, 5.41) is 0. The van der Waals surface area contributed by atoms with E-state index in [9.17, 15) is 0 Å². The van der Waals surface area contributed by atoms with E-state index in [1.807, 2.05) is 70.2 Å². The second-order valence-corrected chi connectivity index (χ2v) is 11.8. The van der Waals surface area contributed by atoms with Crippen molar-refractivity contribution in [1.82, 2.24) is 9.97 Å². The third-order valence-corrected chi connectivity index (χ3v) is 8.83. The predicted octanol–water partition coefficient (Wildman–Crippen LogP) is 8.69. The number of rotatable bonds is 2. The van der Waals surface area contributed by atoms with Crippen LogP contribution in [-0.4, -0.2) is 16.1 Å². The highest BCUT2D eigenvalue weighted by Gasteiger charge is 2.57. The lowest BCUT2D eigenvalue weighted by Crippen LogP contribution is -2.54. The van der Waals surface area contributed by atoms with Gasteiger partial charge in [0.1, 0.15) is 11.8 Å². The van der Waals surface area contributed by atoms with E-state index in [0.29, 0.717) is 6.42 Å². The molecular weight excluding hydrogens is 459 g/mol. The van der Waals surface area contributed by atoms with Gasteiger partial charge in [0.15, 0.2) is 11.6 Å². The molecule has 196 valence electrons. The fraction of sp³-hybridized carbons (Fsp3) is 0.500. The first-order chi connectivity index (χ1) is 17.6. The molecule has 37 heavy (non-hydrogen) atoms. The number of hydrogen-bond donors (Lipinski definition) is 0. The van der Waals surface area contributed by atoms with Crippen LogP contribution in [0.1, 0.15) is 91.6 Å². The van der Waals surface area contributed by atoms with Crippen LogP contribution in [0.4, 0.5) is 27.4 Å². The molecule has 5 heteroatoms. The van der Waals surface area contributed by atoms with Crippen LogP contribution in [0.25, 0.3) is 0 Å². The van der Waals surface area contributed by atoms with Crippen molar-refractivity contribution < 1.29 is 4.39 Å². The van der Waals surface area contributed by atoms with E-state index in [0.717, 1.165) is 52.8 Å². The number of anilines is 4. The van der Waals surface area contributed by atoms with Gasteiger partial charge in [0.25, 0.3) is 0 Å². The highest BCUT2D eigenvalue weighted by atomic mass is 19.1. The van der Waals surface area contributed by atoms with E-state index in [4.69, 9.17) is 9.97 Å². The molecule has 0 saturated carbocycles. The molecule has 4 nitrogen and oxygen atoms in total. The number of nitrogens with zero attached hydrogens (tertiary/aromatic N) is 4. The van der Waals surface area contributed by atoms with Gasteiger partial charge < -0.3 is 9.80 Å². The van der Waals surface area contributed by atoms with E-state index in [1.165, 1.54) is 0 Å². The third-order valence-electron chi connectivity index (χ3n) is 8.83. The molecule has 3 aliphatic rings. The summed E-state index contributed by atoms with van der Waals surface area (Å²) in [4.78, 5) is 15.3. The van der Waals surface area contributed by atoms with Crippen LogP contribution in [0.15, 0.2) is 54.6 Å². The lowest BCUT2D eigenvalue weighted by atomic mass is 9.67. The first-order valence-corrected chi connectivity index (χ1v) is 13.9. The van der Waals surface area contributed by atoms with Gasteiger partial charge in [-0.1, -0.05) is 91.8 Å². The van der Waals surface area contributed by atoms with E-state index in [-0.39, 0.29) is 22.9 Å².